The Hall–Kier alpha value is -0.440. The number of hydrogen-bond donors (Lipinski definition) is 0. The summed E-state index contributed by atoms with van der Waals surface area (Å²) in [4.78, 5) is 10.2. The van der Waals surface area contributed by atoms with Crippen LogP contribution < -0.4 is 5.32 Å². The van der Waals surface area contributed by atoms with Crippen molar-refractivity contribution < 1.29 is 4.79 Å². The third-order valence-corrected chi connectivity index (χ3v) is 1.31. The van der Waals surface area contributed by atoms with Crippen molar-refractivity contribution in [3.8, 4) is 0 Å². The molecular weight excluding hydrogens is 110 g/mol. The number of nitrogens with zero attached hydrogens (tertiary/aromatic N) is 1. The number of amides is 1. The van der Waals surface area contributed by atoms with E-state index in [9.17, 15) is 4.79 Å². The quantitative estimate of drug-likeness (QED) is 0.454. The molecule has 0 saturated carbocycles. The van der Waals surface area contributed by atoms with E-state index in [-0.39, 0.29) is 5.91 Å². The summed E-state index contributed by atoms with van der Waals surface area (Å²) >= 11 is 1.48. The first-order valence-electron chi connectivity index (χ1n) is 1.90. The number of hydrogen-bond acceptors (Lipinski definition) is 2. The molecule has 0 unspecified atom stereocenters. The smallest absolute Gasteiger partial charge is 0.255 e. The van der Waals surface area contributed by atoms with Crippen LogP contribution in [0, 0.1) is 0 Å². The molecule has 1 radical (unpaired) electrons. The molecule has 0 aromatic heterocycles. The van der Waals surface area contributed by atoms with Crippen molar-refractivity contribution >= 4 is 17.7 Å². The van der Waals surface area contributed by atoms with E-state index in [0.29, 0.717) is 5.75 Å². The minimum atomic E-state index is -0.0347. The fourth-order valence-corrected chi connectivity index (χ4v) is 0.774. The minimum Gasteiger partial charge on any atom is -0.272 e. The molecular formula is C4H4NOS. The zero-order valence-electron chi connectivity index (χ0n) is 3.63. The zero-order valence-corrected chi connectivity index (χ0v) is 4.44. The van der Waals surface area contributed by atoms with Crippen LogP contribution in [-0.4, -0.2) is 11.7 Å². The van der Waals surface area contributed by atoms with Gasteiger partial charge in [-0.05, 0) is 5.41 Å². The SMILES string of the molecule is O=C1CSC=C[N]1. The molecule has 0 aromatic rings. The van der Waals surface area contributed by atoms with Gasteiger partial charge in [0.05, 0.1) is 5.75 Å². The van der Waals surface area contributed by atoms with E-state index in [0.717, 1.165) is 0 Å². The van der Waals surface area contributed by atoms with Crippen LogP contribution in [0.1, 0.15) is 0 Å². The molecule has 0 atom stereocenters. The molecule has 3 heteroatoms. The lowest BCUT2D eigenvalue weighted by Crippen LogP contribution is -2.13. The van der Waals surface area contributed by atoms with Crippen LogP contribution in [0.4, 0.5) is 0 Å². The summed E-state index contributed by atoms with van der Waals surface area (Å²) in [5, 5.41) is 5.30. The summed E-state index contributed by atoms with van der Waals surface area (Å²) in [6.45, 7) is 0. The van der Waals surface area contributed by atoms with Crippen LogP contribution in [0.15, 0.2) is 11.6 Å². The molecule has 1 heterocycles. The van der Waals surface area contributed by atoms with Gasteiger partial charge in [-0.15, -0.1) is 11.8 Å². The molecule has 2 nitrogen and oxygen atoms in total. The van der Waals surface area contributed by atoms with Crippen molar-refractivity contribution in [2.45, 2.75) is 0 Å². The van der Waals surface area contributed by atoms with E-state index < -0.39 is 0 Å². The molecule has 0 N–H and O–H groups in total. The van der Waals surface area contributed by atoms with Crippen molar-refractivity contribution in [1.29, 1.82) is 0 Å². The van der Waals surface area contributed by atoms with Crippen molar-refractivity contribution in [2.24, 2.45) is 0 Å². The third kappa shape index (κ3) is 1.23. The van der Waals surface area contributed by atoms with E-state index in [1.54, 1.807) is 5.41 Å². The van der Waals surface area contributed by atoms with E-state index in [2.05, 4.69) is 5.32 Å². The monoisotopic (exact) mass is 114 g/mol. The highest BCUT2D eigenvalue weighted by Gasteiger charge is 2.01. The van der Waals surface area contributed by atoms with Gasteiger partial charge in [0.2, 0.25) is 0 Å². The summed E-state index contributed by atoms with van der Waals surface area (Å²) in [6.07, 6.45) is 1.52. The van der Waals surface area contributed by atoms with Gasteiger partial charge in [-0.1, -0.05) is 0 Å². The second-order valence-corrected chi connectivity index (χ2v) is 2.01. The first kappa shape index (κ1) is 4.71. The highest BCUT2D eigenvalue weighted by Crippen LogP contribution is 2.04. The van der Waals surface area contributed by atoms with Crippen LogP contribution in [0.5, 0.6) is 0 Å². The van der Waals surface area contributed by atoms with E-state index in [4.69, 9.17) is 0 Å². The van der Waals surface area contributed by atoms with Crippen LogP contribution in [-0.2, 0) is 4.79 Å². The molecule has 1 aliphatic rings. The molecule has 37 valence electrons. The van der Waals surface area contributed by atoms with Gasteiger partial charge in [-0.25, -0.2) is 5.32 Å². The molecule has 0 saturated heterocycles. The normalized spacial score (nSPS) is 19.1. The van der Waals surface area contributed by atoms with Gasteiger partial charge in [0.1, 0.15) is 0 Å². The maximum atomic E-state index is 10.2. The molecule has 1 aliphatic heterocycles. The van der Waals surface area contributed by atoms with E-state index in [1.807, 2.05) is 0 Å². The molecule has 1 amide bonds. The molecule has 0 bridgehead atoms. The first-order chi connectivity index (χ1) is 3.39. The van der Waals surface area contributed by atoms with Gasteiger partial charge >= 0.3 is 0 Å². The Morgan fingerprint density at radius 2 is 2.71 bits per heavy atom. The highest BCUT2D eigenvalue weighted by molar-refractivity contribution is 8.02. The average Bonchev–Trinajstić information content (AvgIpc) is 1.69. The van der Waals surface area contributed by atoms with Gasteiger partial charge in [-0.3, -0.25) is 4.79 Å². The Bertz CT molecular complexity index is 110. The van der Waals surface area contributed by atoms with Crippen molar-refractivity contribution in [1.82, 2.24) is 5.32 Å². The predicted molar refractivity (Wildman–Crippen MR) is 28.7 cm³/mol. The number of carbonyl (C=O) groups excluding carboxylic acids is 1. The Kier molecular flexibility index (Phi) is 1.36. The lowest BCUT2D eigenvalue weighted by Gasteiger charge is -1.97. The zero-order chi connectivity index (χ0) is 5.11. The van der Waals surface area contributed by atoms with Crippen molar-refractivity contribution in [3.63, 3.8) is 0 Å². The molecule has 0 fully saturated rings. The standard InChI is InChI=1S/C4H4NOS/c6-4-3-7-2-1-5-4/h1-2H,3H2. The van der Waals surface area contributed by atoms with Crippen LogP contribution in [0.2, 0.25) is 0 Å². The third-order valence-electron chi connectivity index (χ3n) is 0.582. The fourth-order valence-electron chi connectivity index (χ4n) is 0.313. The predicted octanol–water partition coefficient (Wildman–Crippen LogP) is 0.335. The molecule has 0 aliphatic carbocycles. The maximum Gasteiger partial charge on any atom is 0.255 e. The van der Waals surface area contributed by atoms with Crippen molar-refractivity contribution in [3.05, 3.63) is 11.6 Å². The summed E-state index contributed by atoms with van der Waals surface area (Å²) in [5.74, 6) is 0.476. The Labute approximate surface area is 46.0 Å². The van der Waals surface area contributed by atoms with Crippen LogP contribution >= 0.6 is 11.8 Å². The summed E-state index contributed by atoms with van der Waals surface area (Å²) in [6, 6.07) is 0. The second-order valence-electron chi connectivity index (χ2n) is 1.12. The van der Waals surface area contributed by atoms with Gasteiger partial charge in [0, 0.05) is 6.20 Å². The average molecular weight is 114 g/mol. The second kappa shape index (κ2) is 2.02. The minimum absolute atomic E-state index is 0.0347. The maximum absolute atomic E-state index is 10.2. The Balaban J connectivity index is 2.47. The van der Waals surface area contributed by atoms with E-state index >= 15 is 0 Å². The topological polar surface area (TPSA) is 31.2 Å². The molecule has 1 rings (SSSR count). The van der Waals surface area contributed by atoms with E-state index in [1.165, 1.54) is 18.0 Å². The van der Waals surface area contributed by atoms with Gasteiger partial charge < -0.3 is 0 Å². The van der Waals surface area contributed by atoms with Gasteiger partial charge in [-0.2, -0.15) is 0 Å². The lowest BCUT2D eigenvalue weighted by atomic mass is 10.7. The summed E-state index contributed by atoms with van der Waals surface area (Å²) in [7, 11) is 0. The number of rotatable bonds is 0. The van der Waals surface area contributed by atoms with Gasteiger partial charge in [0.15, 0.2) is 0 Å². The van der Waals surface area contributed by atoms with Gasteiger partial charge in [0.25, 0.3) is 5.91 Å². The Morgan fingerprint density at radius 3 is 3.00 bits per heavy atom. The largest absolute Gasteiger partial charge is 0.272 e. The highest BCUT2D eigenvalue weighted by atomic mass is 32.2. The Morgan fingerprint density at radius 1 is 1.86 bits per heavy atom. The lowest BCUT2D eigenvalue weighted by molar-refractivity contribution is -0.117. The molecule has 0 aromatic carbocycles. The number of carbonyl (C=O) groups is 1. The van der Waals surface area contributed by atoms with Crippen LogP contribution in [0.3, 0.4) is 0 Å². The van der Waals surface area contributed by atoms with Crippen molar-refractivity contribution in [2.75, 3.05) is 5.75 Å². The first-order valence-corrected chi connectivity index (χ1v) is 2.95. The number of thioether (sulfide) groups is 1. The summed E-state index contributed by atoms with van der Waals surface area (Å²) in [5.41, 5.74) is 0. The molecule has 7 heavy (non-hydrogen) atoms. The van der Waals surface area contributed by atoms with Crippen LogP contribution in [0.25, 0.3) is 0 Å². The molecule has 0 spiro atoms. The fraction of sp³-hybridized carbons (Fsp3) is 0.250. The summed E-state index contributed by atoms with van der Waals surface area (Å²) < 4.78 is 0.